The van der Waals surface area contributed by atoms with Gasteiger partial charge in [0, 0.05) is 6.04 Å². The van der Waals surface area contributed by atoms with Crippen LogP contribution in [0, 0.1) is 11.6 Å². The number of aryl methyl sites for hydroxylation is 1. The average molecular weight is 275 g/mol. The number of hydrogen-bond donors (Lipinski definition) is 1. The van der Waals surface area contributed by atoms with Gasteiger partial charge in [0.25, 0.3) is 0 Å². The van der Waals surface area contributed by atoms with Crippen molar-refractivity contribution >= 4 is 0 Å². The Morgan fingerprint density at radius 2 is 1.75 bits per heavy atom. The smallest absolute Gasteiger partial charge is 0.162 e. The van der Waals surface area contributed by atoms with Crippen LogP contribution in [0.1, 0.15) is 30.5 Å². The Morgan fingerprint density at radius 3 is 2.45 bits per heavy atom. The Kier molecular flexibility index (Phi) is 5.24. The summed E-state index contributed by atoms with van der Waals surface area (Å²) in [6.07, 6.45) is 1.24. The van der Waals surface area contributed by atoms with E-state index in [1.807, 2.05) is 25.1 Å². The third kappa shape index (κ3) is 3.64. The summed E-state index contributed by atoms with van der Waals surface area (Å²) in [5.74, 6) is -1.50. The van der Waals surface area contributed by atoms with Gasteiger partial charge in [0.2, 0.25) is 0 Å². The maximum atomic E-state index is 13.6. The molecule has 2 aromatic carbocycles. The predicted molar refractivity (Wildman–Crippen MR) is 77.5 cm³/mol. The Labute approximate surface area is 118 Å². The van der Waals surface area contributed by atoms with E-state index < -0.39 is 11.6 Å². The Bertz CT molecular complexity index is 540. The second-order valence-electron chi connectivity index (χ2n) is 4.77. The van der Waals surface area contributed by atoms with Crippen molar-refractivity contribution in [3.63, 3.8) is 0 Å². The first-order valence-corrected chi connectivity index (χ1v) is 6.93. The van der Waals surface area contributed by atoms with Crippen LogP contribution in [0.4, 0.5) is 8.78 Å². The highest BCUT2D eigenvalue weighted by molar-refractivity contribution is 5.22. The van der Waals surface area contributed by atoms with Crippen LogP contribution in [0.2, 0.25) is 0 Å². The van der Waals surface area contributed by atoms with Gasteiger partial charge in [-0.1, -0.05) is 49.4 Å². The molecule has 0 aromatic heterocycles. The Hall–Kier alpha value is -1.74. The van der Waals surface area contributed by atoms with Gasteiger partial charge in [0.1, 0.15) is 0 Å². The van der Waals surface area contributed by atoms with Crippen LogP contribution >= 0.6 is 0 Å². The molecule has 1 unspecified atom stereocenters. The van der Waals surface area contributed by atoms with Crippen molar-refractivity contribution in [1.29, 1.82) is 0 Å². The number of hydrogen-bond acceptors (Lipinski definition) is 1. The van der Waals surface area contributed by atoms with Gasteiger partial charge in [-0.2, -0.15) is 0 Å². The van der Waals surface area contributed by atoms with Crippen LogP contribution < -0.4 is 5.32 Å². The van der Waals surface area contributed by atoms with Crippen LogP contribution in [0.5, 0.6) is 0 Å². The van der Waals surface area contributed by atoms with Gasteiger partial charge in [-0.25, -0.2) is 8.78 Å². The maximum absolute atomic E-state index is 13.6. The van der Waals surface area contributed by atoms with Crippen molar-refractivity contribution in [1.82, 2.24) is 5.32 Å². The molecule has 0 saturated heterocycles. The van der Waals surface area contributed by atoms with E-state index in [1.165, 1.54) is 5.56 Å². The van der Waals surface area contributed by atoms with Gasteiger partial charge in [0.05, 0.1) is 0 Å². The summed E-state index contributed by atoms with van der Waals surface area (Å²) >= 11 is 0. The van der Waals surface area contributed by atoms with Gasteiger partial charge in [-0.15, -0.1) is 0 Å². The summed E-state index contributed by atoms with van der Waals surface area (Å²) in [6, 6.07) is 14.6. The molecule has 0 aliphatic rings. The number of nitrogens with one attached hydrogen (secondary N) is 1. The first-order valence-electron chi connectivity index (χ1n) is 6.93. The van der Waals surface area contributed by atoms with Crippen LogP contribution in [-0.2, 0) is 6.42 Å². The lowest BCUT2D eigenvalue weighted by Gasteiger charge is -2.18. The highest BCUT2D eigenvalue weighted by atomic mass is 19.2. The minimum atomic E-state index is -0.776. The van der Waals surface area contributed by atoms with Gasteiger partial charge in [-0.3, -0.25) is 0 Å². The minimum Gasteiger partial charge on any atom is -0.310 e. The largest absolute Gasteiger partial charge is 0.310 e. The van der Waals surface area contributed by atoms with Crippen LogP contribution in [0.25, 0.3) is 0 Å². The van der Waals surface area contributed by atoms with Crippen molar-refractivity contribution in [2.45, 2.75) is 25.8 Å². The third-order valence-corrected chi connectivity index (χ3v) is 3.39. The zero-order valence-corrected chi connectivity index (χ0v) is 11.6. The van der Waals surface area contributed by atoms with E-state index in [-0.39, 0.29) is 6.04 Å². The lowest BCUT2D eigenvalue weighted by atomic mass is 9.98. The van der Waals surface area contributed by atoms with Gasteiger partial charge in [-0.05, 0) is 36.6 Å². The second-order valence-corrected chi connectivity index (χ2v) is 4.77. The van der Waals surface area contributed by atoms with Crippen molar-refractivity contribution < 1.29 is 8.78 Å². The molecule has 0 fully saturated rings. The summed E-state index contributed by atoms with van der Waals surface area (Å²) in [6.45, 7) is 2.88. The maximum Gasteiger partial charge on any atom is 0.162 e. The summed E-state index contributed by atoms with van der Waals surface area (Å²) in [5, 5.41) is 3.39. The fraction of sp³-hybridized carbons (Fsp3) is 0.294. The molecule has 1 N–H and O–H groups in total. The molecule has 106 valence electrons. The highest BCUT2D eigenvalue weighted by Gasteiger charge is 2.13. The molecular formula is C17H19F2N. The minimum absolute atomic E-state index is 0.156. The number of benzene rings is 2. The molecule has 0 aliphatic heterocycles. The summed E-state index contributed by atoms with van der Waals surface area (Å²) in [5.41, 5.74) is 1.61. The fourth-order valence-corrected chi connectivity index (χ4v) is 2.36. The van der Waals surface area contributed by atoms with E-state index in [9.17, 15) is 8.78 Å². The molecule has 2 rings (SSSR count). The topological polar surface area (TPSA) is 12.0 Å². The standard InChI is InChI=1S/C17H19F2N/c1-2-20-16(13-7-4-3-5-8-13)12-11-14-9-6-10-15(18)17(14)19/h3-10,16,20H,2,11-12H2,1H3. The number of halogens is 2. The van der Waals surface area contributed by atoms with Gasteiger partial charge in [0.15, 0.2) is 11.6 Å². The number of rotatable bonds is 6. The molecule has 0 amide bonds. The lowest BCUT2D eigenvalue weighted by Crippen LogP contribution is -2.21. The average Bonchev–Trinajstić information content (AvgIpc) is 2.48. The molecule has 3 heteroatoms. The molecule has 1 atom stereocenters. The SMILES string of the molecule is CCNC(CCc1cccc(F)c1F)c1ccccc1. The van der Waals surface area contributed by atoms with Gasteiger partial charge >= 0.3 is 0 Å². The van der Waals surface area contributed by atoms with E-state index in [0.29, 0.717) is 12.0 Å². The van der Waals surface area contributed by atoms with Crippen molar-refractivity contribution in [2.75, 3.05) is 6.54 Å². The molecule has 0 aliphatic carbocycles. The third-order valence-electron chi connectivity index (χ3n) is 3.39. The lowest BCUT2D eigenvalue weighted by molar-refractivity contribution is 0.480. The Morgan fingerprint density at radius 1 is 1.00 bits per heavy atom. The van der Waals surface area contributed by atoms with Crippen LogP contribution in [0.15, 0.2) is 48.5 Å². The molecule has 0 radical (unpaired) electrons. The normalized spacial score (nSPS) is 12.3. The van der Waals surface area contributed by atoms with Crippen molar-refractivity contribution in [3.05, 3.63) is 71.3 Å². The summed E-state index contributed by atoms with van der Waals surface area (Å²) in [7, 11) is 0. The fourth-order valence-electron chi connectivity index (χ4n) is 2.36. The quantitative estimate of drug-likeness (QED) is 0.831. The molecule has 0 bridgehead atoms. The van der Waals surface area contributed by atoms with E-state index in [0.717, 1.165) is 19.0 Å². The molecule has 0 heterocycles. The molecule has 0 spiro atoms. The zero-order chi connectivity index (χ0) is 14.4. The van der Waals surface area contributed by atoms with Crippen LogP contribution in [0.3, 0.4) is 0 Å². The molecule has 20 heavy (non-hydrogen) atoms. The molecule has 2 aromatic rings. The van der Waals surface area contributed by atoms with Crippen molar-refractivity contribution in [3.8, 4) is 0 Å². The molecule has 1 nitrogen and oxygen atoms in total. The second kappa shape index (κ2) is 7.15. The van der Waals surface area contributed by atoms with E-state index in [4.69, 9.17) is 0 Å². The van der Waals surface area contributed by atoms with Crippen LogP contribution in [-0.4, -0.2) is 6.54 Å². The van der Waals surface area contributed by atoms with Crippen molar-refractivity contribution in [2.24, 2.45) is 0 Å². The summed E-state index contributed by atoms with van der Waals surface area (Å²) < 4.78 is 26.8. The highest BCUT2D eigenvalue weighted by Crippen LogP contribution is 2.21. The zero-order valence-electron chi connectivity index (χ0n) is 11.6. The van der Waals surface area contributed by atoms with E-state index in [2.05, 4.69) is 17.4 Å². The van der Waals surface area contributed by atoms with E-state index in [1.54, 1.807) is 12.1 Å². The summed E-state index contributed by atoms with van der Waals surface area (Å²) in [4.78, 5) is 0. The molecular weight excluding hydrogens is 256 g/mol. The first-order chi connectivity index (χ1) is 9.72. The van der Waals surface area contributed by atoms with E-state index >= 15 is 0 Å². The van der Waals surface area contributed by atoms with Gasteiger partial charge < -0.3 is 5.32 Å². The monoisotopic (exact) mass is 275 g/mol. The Balaban J connectivity index is 2.08. The molecule has 0 saturated carbocycles. The predicted octanol–water partition coefficient (Wildman–Crippen LogP) is 4.25. The first kappa shape index (κ1) is 14.7.